The van der Waals surface area contributed by atoms with Crippen LogP contribution in [0, 0.1) is 0 Å². The molecule has 0 amide bonds. The van der Waals surface area contributed by atoms with Crippen LogP contribution in [0.1, 0.15) is 18.7 Å². The largest absolute Gasteiger partial charge is 0.396 e. The number of hydrogen-bond acceptors (Lipinski definition) is 4. The molecule has 0 unspecified atom stereocenters. The van der Waals surface area contributed by atoms with Gasteiger partial charge in [0.15, 0.2) is 5.82 Å². The highest BCUT2D eigenvalue weighted by atomic mass is 32.1. The summed E-state index contributed by atoms with van der Waals surface area (Å²) in [5.41, 5.74) is 0. The van der Waals surface area contributed by atoms with Crippen LogP contribution in [0.5, 0.6) is 0 Å². The summed E-state index contributed by atoms with van der Waals surface area (Å²) in [5.74, 6) is -0.148. The molecule has 78 valence electrons. The van der Waals surface area contributed by atoms with E-state index >= 15 is 0 Å². The predicted molar refractivity (Wildman–Crippen MR) is 46.3 cm³/mol. The van der Waals surface area contributed by atoms with Crippen molar-refractivity contribution in [2.45, 2.75) is 31.5 Å². The molecule has 0 aliphatic heterocycles. The van der Waals surface area contributed by atoms with Crippen molar-refractivity contribution in [3.05, 3.63) is 5.82 Å². The number of anilines is 1. The summed E-state index contributed by atoms with van der Waals surface area (Å²) in [6, 6.07) is 0.390. The maximum atomic E-state index is 11.9. The molecule has 1 saturated carbocycles. The molecule has 0 atom stereocenters. The maximum absolute atomic E-state index is 11.9. The van der Waals surface area contributed by atoms with E-state index in [4.69, 9.17) is 0 Å². The van der Waals surface area contributed by atoms with Crippen molar-refractivity contribution in [1.29, 1.82) is 0 Å². The Morgan fingerprint density at radius 3 is 2.71 bits per heavy atom. The van der Waals surface area contributed by atoms with E-state index < -0.39 is 12.6 Å². The smallest absolute Gasteiger partial charge is 0.358 e. The van der Waals surface area contributed by atoms with Crippen LogP contribution in [0.15, 0.2) is 0 Å². The average Bonchev–Trinajstić information content (AvgIpc) is 2.71. The molecule has 0 radical (unpaired) electrons. The number of hydrogen-bond donors (Lipinski definition) is 1. The zero-order chi connectivity index (χ0) is 10.2. The highest BCUT2D eigenvalue weighted by molar-refractivity contribution is 7.09. The van der Waals surface area contributed by atoms with E-state index in [-0.39, 0.29) is 5.82 Å². The van der Waals surface area contributed by atoms with E-state index in [2.05, 4.69) is 14.7 Å². The van der Waals surface area contributed by atoms with Crippen molar-refractivity contribution in [2.75, 3.05) is 5.32 Å². The highest BCUT2D eigenvalue weighted by Crippen LogP contribution is 2.27. The first-order valence-corrected chi connectivity index (χ1v) is 4.96. The first kappa shape index (κ1) is 9.70. The van der Waals surface area contributed by atoms with Crippen LogP contribution in [0.3, 0.4) is 0 Å². The quantitative estimate of drug-likeness (QED) is 0.853. The number of aromatic nitrogens is 2. The molecule has 1 heterocycles. The van der Waals surface area contributed by atoms with Crippen LogP contribution in [0.25, 0.3) is 0 Å². The summed E-state index contributed by atoms with van der Waals surface area (Å²) in [4.78, 5) is 3.75. The van der Waals surface area contributed by atoms with Crippen molar-refractivity contribution in [3.63, 3.8) is 0 Å². The molecule has 0 aromatic carbocycles. The topological polar surface area (TPSA) is 37.8 Å². The minimum Gasteiger partial charge on any atom is -0.358 e. The molecular weight excluding hydrogens is 215 g/mol. The van der Waals surface area contributed by atoms with Gasteiger partial charge in [0.2, 0.25) is 5.13 Å². The lowest BCUT2D eigenvalue weighted by Crippen LogP contribution is -2.12. The molecule has 14 heavy (non-hydrogen) atoms. The fourth-order valence-electron chi connectivity index (χ4n) is 0.966. The normalized spacial score (nSPS) is 17.1. The van der Waals surface area contributed by atoms with Gasteiger partial charge in [-0.3, -0.25) is 0 Å². The molecule has 7 heteroatoms. The van der Waals surface area contributed by atoms with E-state index in [1.165, 1.54) is 0 Å². The third kappa shape index (κ3) is 2.83. The molecule has 3 nitrogen and oxygen atoms in total. The first-order chi connectivity index (χ1) is 6.53. The zero-order valence-corrected chi connectivity index (χ0v) is 7.95. The van der Waals surface area contributed by atoms with Gasteiger partial charge in [0.25, 0.3) is 0 Å². The number of rotatable bonds is 3. The van der Waals surface area contributed by atoms with Gasteiger partial charge in [-0.05, 0) is 12.8 Å². The van der Waals surface area contributed by atoms with Gasteiger partial charge < -0.3 is 5.32 Å². The minimum atomic E-state index is -4.22. The van der Waals surface area contributed by atoms with Gasteiger partial charge in [-0.1, -0.05) is 0 Å². The van der Waals surface area contributed by atoms with Crippen LogP contribution >= 0.6 is 11.5 Å². The van der Waals surface area contributed by atoms with Gasteiger partial charge in [-0.15, -0.1) is 0 Å². The fourth-order valence-corrected chi connectivity index (χ4v) is 1.63. The van der Waals surface area contributed by atoms with E-state index in [1.807, 2.05) is 0 Å². The summed E-state index contributed by atoms with van der Waals surface area (Å²) in [6.07, 6.45) is -3.14. The van der Waals surface area contributed by atoms with Crippen molar-refractivity contribution < 1.29 is 13.2 Å². The van der Waals surface area contributed by atoms with Crippen molar-refractivity contribution >= 4 is 16.7 Å². The van der Waals surface area contributed by atoms with Gasteiger partial charge in [0.05, 0.1) is 0 Å². The second kappa shape index (κ2) is 3.38. The second-order valence-electron chi connectivity index (χ2n) is 3.23. The lowest BCUT2D eigenvalue weighted by Gasteiger charge is -2.00. The molecule has 1 fully saturated rings. The highest BCUT2D eigenvalue weighted by Gasteiger charge is 2.30. The molecule has 1 aromatic rings. The van der Waals surface area contributed by atoms with Gasteiger partial charge in [0, 0.05) is 17.6 Å². The Kier molecular flexibility index (Phi) is 2.34. The summed E-state index contributed by atoms with van der Waals surface area (Å²) in [6.45, 7) is 0. The Bertz CT molecular complexity index is 318. The predicted octanol–water partition coefficient (Wildman–Crippen LogP) is 2.22. The van der Waals surface area contributed by atoms with Gasteiger partial charge in [-0.2, -0.15) is 17.5 Å². The van der Waals surface area contributed by atoms with Gasteiger partial charge in [-0.25, -0.2) is 4.98 Å². The molecule has 2 rings (SSSR count). The molecule has 0 saturated heterocycles. The second-order valence-corrected chi connectivity index (χ2v) is 3.98. The Balaban J connectivity index is 1.94. The lowest BCUT2D eigenvalue weighted by atomic mass is 10.4. The van der Waals surface area contributed by atoms with E-state index in [0.29, 0.717) is 11.2 Å². The summed E-state index contributed by atoms with van der Waals surface area (Å²) in [7, 11) is 0. The Morgan fingerprint density at radius 1 is 1.43 bits per heavy atom. The number of nitrogens with zero attached hydrogens (tertiary/aromatic N) is 2. The molecule has 1 aliphatic rings. The molecule has 0 bridgehead atoms. The fraction of sp³-hybridized carbons (Fsp3) is 0.714. The number of alkyl halides is 3. The molecule has 0 spiro atoms. The minimum absolute atomic E-state index is 0.148. The van der Waals surface area contributed by atoms with Crippen LogP contribution in [0.4, 0.5) is 18.3 Å². The summed E-state index contributed by atoms with van der Waals surface area (Å²) < 4.78 is 39.4. The lowest BCUT2D eigenvalue weighted by molar-refractivity contribution is -0.128. The van der Waals surface area contributed by atoms with Crippen LogP contribution < -0.4 is 5.32 Å². The van der Waals surface area contributed by atoms with Crippen molar-refractivity contribution in [1.82, 2.24) is 9.36 Å². The molecule has 1 N–H and O–H groups in total. The van der Waals surface area contributed by atoms with Crippen LogP contribution in [-0.4, -0.2) is 21.6 Å². The number of nitrogens with one attached hydrogen (secondary N) is 1. The maximum Gasteiger partial charge on any atom is 0.396 e. The van der Waals surface area contributed by atoms with Crippen LogP contribution in [0.2, 0.25) is 0 Å². The SMILES string of the molecule is FC(F)(F)Cc1nsc(NC2CC2)n1. The van der Waals surface area contributed by atoms with Gasteiger partial charge >= 0.3 is 6.18 Å². The van der Waals surface area contributed by atoms with E-state index in [1.54, 1.807) is 0 Å². The van der Waals surface area contributed by atoms with Crippen molar-refractivity contribution in [2.24, 2.45) is 0 Å². The zero-order valence-electron chi connectivity index (χ0n) is 7.14. The summed E-state index contributed by atoms with van der Waals surface area (Å²) >= 11 is 0.986. The third-order valence-electron chi connectivity index (χ3n) is 1.73. The number of halogens is 3. The molecular formula is C7H8F3N3S. The molecule has 1 aliphatic carbocycles. The summed E-state index contributed by atoms with van der Waals surface area (Å²) in [5, 5.41) is 3.49. The Labute approximate surface area is 82.5 Å². The molecule has 1 aromatic heterocycles. The van der Waals surface area contributed by atoms with Crippen molar-refractivity contribution in [3.8, 4) is 0 Å². The monoisotopic (exact) mass is 223 g/mol. The Morgan fingerprint density at radius 2 is 2.14 bits per heavy atom. The standard InChI is InChI=1S/C7H8F3N3S/c8-7(9,10)3-5-12-6(14-13-5)11-4-1-2-4/h4H,1-3H2,(H,11,12,13). The first-order valence-electron chi connectivity index (χ1n) is 4.19. The third-order valence-corrected chi connectivity index (χ3v) is 2.42. The van der Waals surface area contributed by atoms with Gasteiger partial charge in [0.1, 0.15) is 6.42 Å². The Hall–Kier alpha value is -0.850. The van der Waals surface area contributed by atoms with E-state index in [9.17, 15) is 13.2 Å². The average molecular weight is 223 g/mol. The van der Waals surface area contributed by atoms with Crippen LogP contribution in [-0.2, 0) is 6.42 Å². The van der Waals surface area contributed by atoms with E-state index in [0.717, 1.165) is 24.4 Å².